The van der Waals surface area contributed by atoms with E-state index in [2.05, 4.69) is 27.7 Å². The first-order chi connectivity index (χ1) is 6.60. The Balaban J connectivity index is 4.49. The van der Waals surface area contributed by atoms with Crippen molar-refractivity contribution in [2.75, 3.05) is 7.11 Å². The first kappa shape index (κ1) is 14.5. The zero-order valence-electron chi connectivity index (χ0n) is 11.3. The summed E-state index contributed by atoms with van der Waals surface area (Å²) in [7, 11) is 1.46. The van der Waals surface area contributed by atoms with Crippen LogP contribution < -0.4 is 0 Å². The highest BCUT2D eigenvalue weighted by Gasteiger charge is 2.35. The summed E-state index contributed by atoms with van der Waals surface area (Å²) in [5.41, 5.74) is -0.195. The molecule has 0 aliphatic carbocycles. The van der Waals surface area contributed by atoms with Crippen LogP contribution in [0, 0.1) is 16.7 Å². The van der Waals surface area contributed by atoms with Gasteiger partial charge in [-0.1, -0.05) is 27.7 Å². The summed E-state index contributed by atoms with van der Waals surface area (Å²) in [4.78, 5) is 11.6. The summed E-state index contributed by atoms with van der Waals surface area (Å²) < 4.78 is 4.83. The molecule has 0 rings (SSSR count). The molecule has 0 aromatic carbocycles. The van der Waals surface area contributed by atoms with Crippen LogP contribution in [-0.2, 0) is 9.53 Å². The van der Waals surface area contributed by atoms with E-state index < -0.39 is 0 Å². The minimum Gasteiger partial charge on any atom is -0.469 e. The lowest BCUT2D eigenvalue weighted by Gasteiger charge is -2.34. The van der Waals surface area contributed by atoms with Crippen LogP contribution in [0.1, 0.15) is 54.4 Å². The smallest absolute Gasteiger partial charge is 0.311 e. The van der Waals surface area contributed by atoms with Gasteiger partial charge >= 0.3 is 5.97 Å². The van der Waals surface area contributed by atoms with Gasteiger partial charge in [0, 0.05) is 0 Å². The third-order valence-corrected chi connectivity index (χ3v) is 2.62. The molecule has 0 aromatic rings. The van der Waals surface area contributed by atoms with Crippen molar-refractivity contribution in [2.45, 2.75) is 54.4 Å². The molecule has 0 saturated carbocycles. The molecule has 0 aliphatic heterocycles. The lowest BCUT2D eigenvalue weighted by atomic mass is 9.71. The number of hydrogen-bond acceptors (Lipinski definition) is 2. The normalized spacial score (nSPS) is 13.1. The Morgan fingerprint density at radius 2 is 1.67 bits per heavy atom. The average Bonchev–Trinajstić information content (AvgIpc) is 1.97. The maximum absolute atomic E-state index is 11.6. The van der Waals surface area contributed by atoms with E-state index in [0.717, 1.165) is 12.8 Å². The molecular weight excluding hydrogens is 188 g/mol. The topological polar surface area (TPSA) is 26.3 Å². The fourth-order valence-electron chi connectivity index (χ4n) is 2.72. The second-order valence-electron chi connectivity index (χ2n) is 6.31. The van der Waals surface area contributed by atoms with Gasteiger partial charge < -0.3 is 4.74 Å². The predicted octanol–water partition coefficient (Wildman–Crippen LogP) is 3.65. The summed E-state index contributed by atoms with van der Waals surface area (Å²) in [5.74, 6) is 0.549. The molecule has 0 aliphatic rings. The minimum atomic E-state index is -0.382. The number of methoxy groups -OCH3 is 1. The van der Waals surface area contributed by atoms with Crippen molar-refractivity contribution in [1.82, 2.24) is 0 Å². The third-order valence-electron chi connectivity index (χ3n) is 2.62. The summed E-state index contributed by atoms with van der Waals surface area (Å²) in [6.07, 6.45) is 2.00. The van der Waals surface area contributed by atoms with Gasteiger partial charge in [-0.3, -0.25) is 4.79 Å². The molecule has 0 heterocycles. The molecule has 0 unspecified atom stereocenters. The second kappa shape index (κ2) is 5.00. The van der Waals surface area contributed by atoms with Crippen molar-refractivity contribution >= 4 is 5.97 Å². The summed E-state index contributed by atoms with van der Waals surface area (Å²) in [6.45, 7) is 12.8. The molecule has 0 N–H and O–H groups in total. The maximum atomic E-state index is 11.6. The Morgan fingerprint density at radius 3 is 2.00 bits per heavy atom. The molecule has 0 amide bonds. The van der Waals surface area contributed by atoms with E-state index in [1.54, 1.807) is 0 Å². The molecule has 0 spiro atoms. The maximum Gasteiger partial charge on any atom is 0.311 e. The zero-order valence-corrected chi connectivity index (χ0v) is 11.3. The summed E-state index contributed by atoms with van der Waals surface area (Å²) >= 11 is 0. The number of ether oxygens (including phenoxy) is 1. The summed E-state index contributed by atoms with van der Waals surface area (Å²) in [6, 6.07) is 0. The van der Waals surface area contributed by atoms with Crippen molar-refractivity contribution < 1.29 is 9.53 Å². The van der Waals surface area contributed by atoms with Crippen LogP contribution >= 0.6 is 0 Å². The summed E-state index contributed by atoms with van der Waals surface area (Å²) in [5, 5.41) is 0. The van der Waals surface area contributed by atoms with E-state index in [-0.39, 0.29) is 16.8 Å². The lowest BCUT2D eigenvalue weighted by molar-refractivity contribution is -0.152. The monoisotopic (exact) mass is 214 g/mol. The molecule has 90 valence electrons. The van der Waals surface area contributed by atoms with E-state index in [1.165, 1.54) is 7.11 Å². The number of rotatable bonds is 5. The van der Waals surface area contributed by atoms with Gasteiger partial charge in [-0.25, -0.2) is 0 Å². The highest BCUT2D eigenvalue weighted by molar-refractivity contribution is 5.75. The molecule has 2 heteroatoms. The SMILES string of the molecule is COC(=O)C(C)(C)CC(C)(C)CC(C)C. The molecule has 0 bridgehead atoms. The Morgan fingerprint density at radius 1 is 1.20 bits per heavy atom. The first-order valence-electron chi connectivity index (χ1n) is 5.69. The lowest BCUT2D eigenvalue weighted by Crippen LogP contribution is -2.32. The number of esters is 1. The molecule has 15 heavy (non-hydrogen) atoms. The highest BCUT2D eigenvalue weighted by atomic mass is 16.5. The van der Waals surface area contributed by atoms with Crippen LogP contribution in [0.25, 0.3) is 0 Å². The quantitative estimate of drug-likeness (QED) is 0.653. The fraction of sp³-hybridized carbons (Fsp3) is 0.923. The third kappa shape index (κ3) is 5.19. The van der Waals surface area contributed by atoms with E-state index in [9.17, 15) is 4.79 Å². The van der Waals surface area contributed by atoms with E-state index >= 15 is 0 Å². The van der Waals surface area contributed by atoms with Crippen molar-refractivity contribution in [3.05, 3.63) is 0 Å². The van der Waals surface area contributed by atoms with Crippen molar-refractivity contribution in [1.29, 1.82) is 0 Å². The zero-order chi connectivity index (χ0) is 12.3. The van der Waals surface area contributed by atoms with Gasteiger partial charge in [0.1, 0.15) is 0 Å². The van der Waals surface area contributed by atoms with E-state index in [1.807, 2.05) is 13.8 Å². The molecular formula is C13H26O2. The molecule has 2 nitrogen and oxygen atoms in total. The van der Waals surface area contributed by atoms with Gasteiger partial charge in [-0.05, 0) is 38.0 Å². The number of carbonyl (C=O) groups excluding carboxylic acids is 1. The number of carbonyl (C=O) groups is 1. The van der Waals surface area contributed by atoms with Crippen LogP contribution in [0.15, 0.2) is 0 Å². The van der Waals surface area contributed by atoms with E-state index in [4.69, 9.17) is 4.74 Å². The second-order valence-corrected chi connectivity index (χ2v) is 6.31. The van der Waals surface area contributed by atoms with Crippen molar-refractivity contribution in [3.8, 4) is 0 Å². The Labute approximate surface area is 94.4 Å². The molecule has 0 saturated heterocycles. The highest BCUT2D eigenvalue weighted by Crippen LogP contribution is 2.38. The Bertz CT molecular complexity index is 215. The fourth-order valence-corrected chi connectivity index (χ4v) is 2.72. The average molecular weight is 214 g/mol. The van der Waals surface area contributed by atoms with Crippen molar-refractivity contribution in [2.24, 2.45) is 16.7 Å². The minimum absolute atomic E-state index is 0.112. The largest absolute Gasteiger partial charge is 0.469 e. The van der Waals surface area contributed by atoms with Gasteiger partial charge in [-0.2, -0.15) is 0 Å². The van der Waals surface area contributed by atoms with Gasteiger partial charge in [-0.15, -0.1) is 0 Å². The Hall–Kier alpha value is -0.530. The first-order valence-corrected chi connectivity index (χ1v) is 5.69. The van der Waals surface area contributed by atoms with Gasteiger partial charge in [0.15, 0.2) is 0 Å². The van der Waals surface area contributed by atoms with Crippen LogP contribution in [0.3, 0.4) is 0 Å². The number of hydrogen-bond donors (Lipinski definition) is 0. The van der Waals surface area contributed by atoms with Gasteiger partial charge in [0.05, 0.1) is 12.5 Å². The van der Waals surface area contributed by atoms with Crippen LogP contribution in [0.5, 0.6) is 0 Å². The predicted molar refractivity (Wildman–Crippen MR) is 63.7 cm³/mol. The standard InChI is InChI=1S/C13H26O2/c1-10(2)8-12(3,4)9-13(5,6)11(14)15-7/h10H,8-9H2,1-7H3. The molecule has 0 radical (unpaired) electrons. The molecule has 0 fully saturated rings. The molecule has 0 aromatic heterocycles. The van der Waals surface area contributed by atoms with Crippen molar-refractivity contribution in [3.63, 3.8) is 0 Å². The molecule has 0 atom stereocenters. The Kier molecular flexibility index (Phi) is 4.82. The van der Waals surface area contributed by atoms with Gasteiger partial charge in [0.2, 0.25) is 0 Å². The van der Waals surface area contributed by atoms with Crippen LogP contribution in [-0.4, -0.2) is 13.1 Å². The van der Waals surface area contributed by atoms with Gasteiger partial charge in [0.25, 0.3) is 0 Å². The van der Waals surface area contributed by atoms with Crippen LogP contribution in [0.4, 0.5) is 0 Å². The van der Waals surface area contributed by atoms with Crippen LogP contribution in [0.2, 0.25) is 0 Å². The van der Waals surface area contributed by atoms with E-state index in [0.29, 0.717) is 5.92 Å².